The van der Waals surface area contributed by atoms with E-state index < -0.39 is 4.92 Å². The number of benzene rings is 1. The molecule has 0 spiro atoms. The summed E-state index contributed by atoms with van der Waals surface area (Å²) in [6, 6.07) is 2.74. The highest BCUT2D eigenvalue weighted by atomic mass is 16.6. The van der Waals surface area contributed by atoms with Gasteiger partial charge in [-0.2, -0.15) is 0 Å². The molecule has 1 heterocycles. The van der Waals surface area contributed by atoms with Crippen LogP contribution in [0.2, 0.25) is 0 Å². The molecule has 0 saturated carbocycles. The smallest absolute Gasteiger partial charge is 0.300 e. The van der Waals surface area contributed by atoms with E-state index in [0.717, 1.165) is 6.42 Å². The second kappa shape index (κ2) is 5.83. The first kappa shape index (κ1) is 14.2. The second-order valence-electron chi connectivity index (χ2n) is 5.00. The lowest BCUT2D eigenvalue weighted by Crippen LogP contribution is -2.25. The van der Waals surface area contributed by atoms with E-state index >= 15 is 0 Å². The fraction of sp³-hybridized carbons (Fsp3) is 0.500. The first-order valence-corrected chi connectivity index (χ1v) is 6.30. The molecule has 1 atom stereocenters. The van der Waals surface area contributed by atoms with E-state index in [4.69, 9.17) is 0 Å². The normalized spacial score (nSPS) is 12.8. The zero-order valence-electron chi connectivity index (χ0n) is 11.2. The molecule has 8 heteroatoms. The Morgan fingerprint density at radius 1 is 1.40 bits per heavy atom. The molecule has 2 N–H and O–H groups in total. The van der Waals surface area contributed by atoms with E-state index in [1.165, 1.54) is 6.07 Å². The van der Waals surface area contributed by atoms with Crippen LogP contribution in [0.4, 0.5) is 11.4 Å². The largest absolute Gasteiger partial charge is 0.394 e. The quantitative estimate of drug-likeness (QED) is 0.613. The molecule has 0 aliphatic rings. The minimum atomic E-state index is -0.534. The second-order valence-corrected chi connectivity index (χ2v) is 5.00. The number of hydrogen-bond acceptors (Lipinski definition) is 7. The van der Waals surface area contributed by atoms with Crippen LogP contribution in [-0.4, -0.2) is 33.0 Å². The van der Waals surface area contributed by atoms with Gasteiger partial charge in [-0.15, -0.1) is 0 Å². The summed E-state index contributed by atoms with van der Waals surface area (Å²) in [4.78, 5) is 10.3. The number of nitrogens with zero attached hydrogens (tertiary/aromatic N) is 3. The summed E-state index contributed by atoms with van der Waals surface area (Å²) in [6.07, 6.45) is 0.764. The molecule has 2 rings (SSSR count). The fourth-order valence-electron chi connectivity index (χ4n) is 2.09. The third kappa shape index (κ3) is 2.85. The van der Waals surface area contributed by atoms with Gasteiger partial charge < -0.3 is 10.4 Å². The number of anilines is 1. The zero-order chi connectivity index (χ0) is 14.7. The van der Waals surface area contributed by atoms with Gasteiger partial charge in [-0.25, -0.2) is 4.63 Å². The van der Waals surface area contributed by atoms with Crippen molar-refractivity contribution >= 4 is 22.4 Å². The van der Waals surface area contributed by atoms with Crippen molar-refractivity contribution in [3.63, 3.8) is 0 Å². The maximum absolute atomic E-state index is 10.9. The molecule has 0 bridgehead atoms. The van der Waals surface area contributed by atoms with Crippen LogP contribution in [0.1, 0.15) is 20.3 Å². The van der Waals surface area contributed by atoms with Crippen LogP contribution < -0.4 is 5.32 Å². The lowest BCUT2D eigenvalue weighted by Gasteiger charge is -2.19. The summed E-state index contributed by atoms with van der Waals surface area (Å²) in [6.45, 7) is 4.06. The Labute approximate surface area is 114 Å². The standard InChI is InChI=1S/C12H16N4O4/c1-7(2)5-8(6-17)13-9-3-4-10(16(18)19)12-11(9)14-20-15-12/h3-4,7-8,13,17H,5-6H2,1-2H3. The van der Waals surface area contributed by atoms with Crippen molar-refractivity contribution in [3.05, 3.63) is 22.2 Å². The van der Waals surface area contributed by atoms with E-state index in [-0.39, 0.29) is 23.9 Å². The van der Waals surface area contributed by atoms with Gasteiger partial charge in [0, 0.05) is 12.1 Å². The van der Waals surface area contributed by atoms with Crippen molar-refractivity contribution in [1.82, 2.24) is 10.3 Å². The molecular formula is C12H16N4O4. The van der Waals surface area contributed by atoms with Crippen LogP contribution in [0, 0.1) is 16.0 Å². The third-order valence-electron chi connectivity index (χ3n) is 2.93. The molecule has 20 heavy (non-hydrogen) atoms. The highest BCUT2D eigenvalue weighted by Gasteiger charge is 2.21. The Balaban J connectivity index is 2.33. The Bertz CT molecular complexity index is 611. The Morgan fingerprint density at radius 3 is 2.70 bits per heavy atom. The highest BCUT2D eigenvalue weighted by molar-refractivity contribution is 5.93. The average Bonchev–Trinajstić information content (AvgIpc) is 2.86. The number of hydrogen-bond donors (Lipinski definition) is 2. The molecule has 0 radical (unpaired) electrons. The lowest BCUT2D eigenvalue weighted by molar-refractivity contribution is -0.383. The SMILES string of the molecule is CC(C)CC(CO)Nc1ccc([N+](=O)[O-])c2nonc12. The van der Waals surface area contributed by atoms with Gasteiger partial charge >= 0.3 is 5.69 Å². The van der Waals surface area contributed by atoms with Crippen molar-refractivity contribution in [2.24, 2.45) is 5.92 Å². The Morgan fingerprint density at radius 2 is 2.10 bits per heavy atom. The predicted molar refractivity (Wildman–Crippen MR) is 72.4 cm³/mol. The average molecular weight is 280 g/mol. The van der Waals surface area contributed by atoms with E-state index in [0.29, 0.717) is 17.1 Å². The molecule has 1 aromatic carbocycles. The van der Waals surface area contributed by atoms with Gasteiger partial charge in [0.1, 0.15) is 0 Å². The maximum atomic E-state index is 10.9. The monoisotopic (exact) mass is 280 g/mol. The number of aromatic nitrogens is 2. The lowest BCUT2D eigenvalue weighted by atomic mass is 10.0. The van der Waals surface area contributed by atoms with E-state index in [9.17, 15) is 15.2 Å². The first-order chi connectivity index (χ1) is 9.52. The minimum absolute atomic E-state index is 0.0397. The van der Waals surface area contributed by atoms with Gasteiger partial charge in [0.05, 0.1) is 17.2 Å². The minimum Gasteiger partial charge on any atom is -0.394 e. The van der Waals surface area contributed by atoms with Crippen molar-refractivity contribution < 1.29 is 14.7 Å². The number of rotatable bonds is 6. The molecule has 0 saturated heterocycles. The maximum Gasteiger partial charge on any atom is 0.300 e. The zero-order valence-corrected chi connectivity index (χ0v) is 11.2. The summed E-state index contributed by atoms with van der Waals surface area (Å²) < 4.78 is 4.59. The number of nitro groups is 1. The number of aliphatic hydroxyl groups is 1. The summed E-state index contributed by atoms with van der Waals surface area (Å²) in [5.41, 5.74) is 0.797. The van der Waals surface area contributed by atoms with Gasteiger partial charge in [-0.3, -0.25) is 10.1 Å². The van der Waals surface area contributed by atoms with Crippen LogP contribution in [-0.2, 0) is 0 Å². The summed E-state index contributed by atoms with van der Waals surface area (Å²) in [7, 11) is 0. The van der Waals surface area contributed by atoms with Crippen LogP contribution in [0.25, 0.3) is 11.0 Å². The van der Waals surface area contributed by atoms with Crippen molar-refractivity contribution in [3.8, 4) is 0 Å². The molecule has 1 unspecified atom stereocenters. The highest BCUT2D eigenvalue weighted by Crippen LogP contribution is 2.29. The van der Waals surface area contributed by atoms with E-state index in [1.54, 1.807) is 6.07 Å². The number of nitro benzene ring substituents is 1. The van der Waals surface area contributed by atoms with E-state index in [1.807, 2.05) is 13.8 Å². The van der Waals surface area contributed by atoms with Crippen LogP contribution >= 0.6 is 0 Å². The van der Waals surface area contributed by atoms with Crippen molar-refractivity contribution in [2.45, 2.75) is 26.3 Å². The Hall–Kier alpha value is -2.22. The molecule has 0 aliphatic heterocycles. The van der Waals surface area contributed by atoms with Gasteiger partial charge in [0.25, 0.3) is 0 Å². The van der Waals surface area contributed by atoms with E-state index in [2.05, 4.69) is 20.3 Å². The first-order valence-electron chi connectivity index (χ1n) is 6.30. The fourth-order valence-corrected chi connectivity index (χ4v) is 2.09. The molecular weight excluding hydrogens is 264 g/mol. The molecule has 8 nitrogen and oxygen atoms in total. The number of fused-ring (bicyclic) bond motifs is 1. The number of non-ortho nitro benzene ring substituents is 1. The third-order valence-corrected chi connectivity index (χ3v) is 2.93. The van der Waals surface area contributed by atoms with Gasteiger partial charge in [-0.1, -0.05) is 13.8 Å². The topological polar surface area (TPSA) is 114 Å². The molecule has 0 amide bonds. The molecule has 0 aliphatic carbocycles. The molecule has 0 fully saturated rings. The van der Waals surface area contributed by atoms with Crippen LogP contribution in [0.3, 0.4) is 0 Å². The Kier molecular flexibility index (Phi) is 4.14. The van der Waals surface area contributed by atoms with Crippen LogP contribution in [0.5, 0.6) is 0 Å². The predicted octanol–water partition coefficient (Wildman–Crippen LogP) is 1.95. The number of nitrogens with one attached hydrogen (secondary N) is 1. The van der Waals surface area contributed by atoms with Gasteiger partial charge in [-0.05, 0) is 28.7 Å². The van der Waals surface area contributed by atoms with Crippen LogP contribution in [0.15, 0.2) is 16.8 Å². The van der Waals surface area contributed by atoms with Gasteiger partial charge in [0.2, 0.25) is 5.52 Å². The summed E-state index contributed by atoms with van der Waals surface area (Å²) in [5, 5.41) is 30.6. The van der Waals surface area contributed by atoms with Crippen molar-refractivity contribution in [2.75, 3.05) is 11.9 Å². The molecule has 108 valence electrons. The molecule has 1 aromatic heterocycles. The summed E-state index contributed by atoms with van der Waals surface area (Å²) in [5.74, 6) is 0.406. The van der Waals surface area contributed by atoms with Crippen molar-refractivity contribution in [1.29, 1.82) is 0 Å². The molecule has 2 aromatic rings. The number of aliphatic hydroxyl groups excluding tert-OH is 1. The van der Waals surface area contributed by atoms with Gasteiger partial charge in [0.15, 0.2) is 5.52 Å². The summed E-state index contributed by atoms with van der Waals surface area (Å²) >= 11 is 0.